The van der Waals surface area contributed by atoms with Crippen molar-refractivity contribution in [2.24, 2.45) is 0 Å². The fourth-order valence-corrected chi connectivity index (χ4v) is 4.96. The lowest BCUT2D eigenvalue weighted by Gasteiger charge is -2.26. The maximum Gasteiger partial charge on any atom is 0.270 e. The molecule has 0 fully saturated rings. The Morgan fingerprint density at radius 3 is 1.62 bits per heavy atom. The Labute approximate surface area is 188 Å². The molecule has 2 N–H and O–H groups in total. The number of pyridine rings is 1. The molecule has 162 valence electrons. The normalized spacial score (nSPS) is 19.4. The van der Waals surface area contributed by atoms with Crippen molar-refractivity contribution in [3.05, 3.63) is 100 Å². The smallest absolute Gasteiger partial charge is 0.270 e. The van der Waals surface area contributed by atoms with Crippen molar-refractivity contribution in [2.45, 2.75) is 50.6 Å². The second-order valence-corrected chi connectivity index (χ2v) is 8.64. The van der Waals surface area contributed by atoms with Gasteiger partial charge < -0.3 is 10.6 Å². The van der Waals surface area contributed by atoms with E-state index in [1.54, 1.807) is 18.2 Å². The van der Waals surface area contributed by atoms with E-state index in [0.29, 0.717) is 0 Å². The quantitative estimate of drug-likeness (QED) is 0.637. The lowest BCUT2D eigenvalue weighted by molar-refractivity contribution is 0.0923. The second kappa shape index (κ2) is 8.95. The van der Waals surface area contributed by atoms with Crippen molar-refractivity contribution in [3.63, 3.8) is 0 Å². The molecule has 5 heteroatoms. The number of hydrogen-bond acceptors (Lipinski definition) is 3. The fraction of sp³-hybridized carbons (Fsp3) is 0.296. The van der Waals surface area contributed by atoms with Crippen LogP contribution in [0.4, 0.5) is 0 Å². The van der Waals surface area contributed by atoms with Gasteiger partial charge in [0.05, 0.1) is 12.1 Å². The summed E-state index contributed by atoms with van der Waals surface area (Å²) in [5.74, 6) is -0.492. The Morgan fingerprint density at radius 2 is 1.12 bits per heavy atom. The molecule has 2 aliphatic rings. The van der Waals surface area contributed by atoms with E-state index in [4.69, 9.17) is 0 Å². The highest BCUT2D eigenvalue weighted by Gasteiger charge is 2.24. The lowest BCUT2D eigenvalue weighted by atomic mass is 9.87. The van der Waals surface area contributed by atoms with Gasteiger partial charge in [0.15, 0.2) is 0 Å². The van der Waals surface area contributed by atoms with Crippen LogP contribution in [0, 0.1) is 0 Å². The monoisotopic (exact) mass is 425 g/mol. The standard InChI is InChI=1S/C27H27N3O2/c31-26(29-22-14-5-10-18-8-1-3-12-20(18)22)24-16-7-17-25(28-24)27(32)30-23-15-6-11-19-9-2-4-13-21(19)23/h1-4,7-9,12-13,16-17,22-23H,5-6,10-11,14-15H2,(H,29,31)(H,30,32). The summed E-state index contributed by atoms with van der Waals surface area (Å²) < 4.78 is 0. The minimum absolute atomic E-state index is 0.0227. The Balaban J connectivity index is 1.30. The minimum Gasteiger partial charge on any atom is -0.344 e. The van der Waals surface area contributed by atoms with Crippen LogP contribution in [0.15, 0.2) is 66.7 Å². The fourth-order valence-electron chi connectivity index (χ4n) is 4.96. The third-order valence-electron chi connectivity index (χ3n) is 6.56. The summed E-state index contributed by atoms with van der Waals surface area (Å²) >= 11 is 0. The van der Waals surface area contributed by atoms with Crippen LogP contribution in [-0.2, 0) is 12.8 Å². The van der Waals surface area contributed by atoms with Gasteiger partial charge in [0.25, 0.3) is 11.8 Å². The van der Waals surface area contributed by atoms with Gasteiger partial charge in [-0.3, -0.25) is 9.59 Å². The molecular weight excluding hydrogens is 398 g/mol. The lowest BCUT2D eigenvalue weighted by Crippen LogP contribution is -2.33. The van der Waals surface area contributed by atoms with Crippen LogP contribution in [0.2, 0.25) is 0 Å². The molecule has 5 rings (SSSR count). The van der Waals surface area contributed by atoms with Crippen molar-refractivity contribution < 1.29 is 9.59 Å². The highest BCUT2D eigenvalue weighted by Crippen LogP contribution is 2.30. The first-order chi connectivity index (χ1) is 15.7. The van der Waals surface area contributed by atoms with Gasteiger partial charge in [0.2, 0.25) is 0 Å². The summed E-state index contributed by atoms with van der Waals surface area (Å²) in [4.78, 5) is 30.3. The van der Waals surface area contributed by atoms with Crippen molar-refractivity contribution >= 4 is 11.8 Å². The number of carbonyl (C=O) groups excluding carboxylic acids is 2. The zero-order valence-corrected chi connectivity index (χ0v) is 18.0. The molecule has 0 saturated heterocycles. The zero-order chi connectivity index (χ0) is 21.9. The number of benzene rings is 2. The predicted molar refractivity (Wildman–Crippen MR) is 123 cm³/mol. The summed E-state index contributed by atoms with van der Waals surface area (Å²) in [7, 11) is 0. The summed E-state index contributed by atoms with van der Waals surface area (Å²) in [5, 5.41) is 6.24. The number of aryl methyl sites for hydroxylation is 2. The minimum atomic E-state index is -0.246. The molecule has 5 nitrogen and oxygen atoms in total. The Morgan fingerprint density at radius 1 is 0.656 bits per heavy atom. The van der Waals surface area contributed by atoms with E-state index >= 15 is 0 Å². The van der Waals surface area contributed by atoms with E-state index in [1.165, 1.54) is 22.3 Å². The first-order valence-corrected chi connectivity index (χ1v) is 11.4. The summed E-state index contributed by atoms with van der Waals surface area (Å²) in [5.41, 5.74) is 5.47. The third-order valence-corrected chi connectivity index (χ3v) is 6.56. The molecule has 0 saturated carbocycles. The zero-order valence-electron chi connectivity index (χ0n) is 18.0. The van der Waals surface area contributed by atoms with Gasteiger partial charge in [-0.1, -0.05) is 54.6 Å². The number of fused-ring (bicyclic) bond motifs is 2. The number of nitrogens with one attached hydrogen (secondary N) is 2. The molecule has 2 atom stereocenters. The molecular formula is C27H27N3O2. The summed E-state index contributed by atoms with van der Waals surface area (Å²) in [6.45, 7) is 0. The van der Waals surface area contributed by atoms with Crippen molar-refractivity contribution in [3.8, 4) is 0 Å². The molecule has 32 heavy (non-hydrogen) atoms. The average Bonchev–Trinajstić information content (AvgIpc) is 2.84. The van der Waals surface area contributed by atoms with Crippen molar-refractivity contribution in [1.82, 2.24) is 15.6 Å². The largest absolute Gasteiger partial charge is 0.344 e. The topological polar surface area (TPSA) is 71.1 Å². The number of nitrogens with zero attached hydrogens (tertiary/aromatic N) is 1. The molecule has 2 amide bonds. The molecule has 2 aliphatic carbocycles. The van der Waals surface area contributed by atoms with E-state index in [2.05, 4.69) is 39.9 Å². The van der Waals surface area contributed by atoms with E-state index < -0.39 is 0 Å². The van der Waals surface area contributed by atoms with Gasteiger partial charge in [-0.15, -0.1) is 0 Å². The maximum atomic E-state index is 12.9. The Bertz CT molecular complexity index is 1070. The molecule has 3 aromatic rings. The number of carbonyl (C=O) groups is 2. The Kier molecular flexibility index (Phi) is 5.71. The SMILES string of the molecule is O=C(NC1CCCc2ccccc21)c1cccc(C(=O)NC2CCCc3ccccc32)n1. The van der Waals surface area contributed by atoms with Crippen molar-refractivity contribution in [1.29, 1.82) is 0 Å². The van der Waals surface area contributed by atoms with Crippen LogP contribution in [0.1, 0.15) is 81.0 Å². The first kappa shape index (κ1) is 20.4. The highest BCUT2D eigenvalue weighted by atomic mass is 16.2. The van der Waals surface area contributed by atoms with Gasteiger partial charge in [-0.05, 0) is 72.9 Å². The number of amides is 2. The molecule has 0 spiro atoms. The van der Waals surface area contributed by atoms with Gasteiger partial charge in [-0.25, -0.2) is 4.98 Å². The Hall–Kier alpha value is -3.47. The van der Waals surface area contributed by atoms with E-state index in [0.717, 1.165) is 38.5 Å². The van der Waals surface area contributed by atoms with E-state index in [-0.39, 0.29) is 35.3 Å². The summed E-state index contributed by atoms with van der Waals surface area (Å²) in [6.07, 6.45) is 5.98. The molecule has 0 aliphatic heterocycles. The second-order valence-electron chi connectivity index (χ2n) is 8.64. The van der Waals surface area contributed by atoms with Crippen LogP contribution in [0.5, 0.6) is 0 Å². The highest BCUT2D eigenvalue weighted by molar-refractivity contribution is 5.96. The number of hydrogen-bond donors (Lipinski definition) is 2. The van der Waals surface area contributed by atoms with Crippen LogP contribution in [0.3, 0.4) is 0 Å². The van der Waals surface area contributed by atoms with Gasteiger partial charge in [0, 0.05) is 0 Å². The molecule has 2 aromatic carbocycles. The van der Waals surface area contributed by atoms with Crippen LogP contribution >= 0.6 is 0 Å². The molecule has 0 bridgehead atoms. The van der Waals surface area contributed by atoms with Gasteiger partial charge in [-0.2, -0.15) is 0 Å². The van der Waals surface area contributed by atoms with Gasteiger partial charge >= 0.3 is 0 Å². The molecule has 2 unspecified atom stereocenters. The molecule has 1 aromatic heterocycles. The number of rotatable bonds is 4. The van der Waals surface area contributed by atoms with Crippen LogP contribution in [0.25, 0.3) is 0 Å². The van der Waals surface area contributed by atoms with Crippen LogP contribution in [-0.4, -0.2) is 16.8 Å². The molecule has 0 radical (unpaired) electrons. The van der Waals surface area contributed by atoms with Crippen LogP contribution < -0.4 is 10.6 Å². The average molecular weight is 426 g/mol. The first-order valence-electron chi connectivity index (χ1n) is 11.4. The van der Waals surface area contributed by atoms with E-state index in [9.17, 15) is 9.59 Å². The van der Waals surface area contributed by atoms with E-state index in [1.807, 2.05) is 24.3 Å². The maximum absolute atomic E-state index is 12.9. The predicted octanol–water partition coefficient (Wildman–Crippen LogP) is 4.70. The molecule has 1 heterocycles. The van der Waals surface area contributed by atoms with Gasteiger partial charge in [0.1, 0.15) is 11.4 Å². The van der Waals surface area contributed by atoms with Crippen molar-refractivity contribution in [2.75, 3.05) is 0 Å². The number of aromatic nitrogens is 1. The summed E-state index contributed by atoms with van der Waals surface area (Å²) in [6, 6.07) is 21.5. The third kappa shape index (κ3) is 4.15.